The van der Waals surface area contributed by atoms with Crippen molar-refractivity contribution in [3.8, 4) is 39.5 Å². The van der Waals surface area contributed by atoms with Crippen LogP contribution in [0, 0.1) is 13.8 Å². The van der Waals surface area contributed by atoms with E-state index in [9.17, 15) is 0 Å². The van der Waals surface area contributed by atoms with Crippen LogP contribution in [0.15, 0.2) is 72.8 Å². The molecule has 6 rings (SSSR count). The van der Waals surface area contributed by atoms with Crippen LogP contribution in [0.5, 0.6) is 17.2 Å². The molecule has 0 bridgehead atoms. The average Bonchev–Trinajstić information content (AvgIpc) is 3.32. The summed E-state index contributed by atoms with van der Waals surface area (Å²) in [5.41, 5.74) is 9.94. The standard InChI is InChI=1S/C43H52O3/c1-5-7-9-11-13-15-25-44-33-19-23-39-37(29-33)38-30-34(45-26-16-14-12-10-8-6-2)20-24-40(38)43(39)41-27-31(3)17-21-35(41)36-22-18-32(4)28-42(36)46-43/h17-24,27-30H,5-16,25-26H2,1-4H3. The molecule has 0 radical (unpaired) electrons. The second-order valence-electron chi connectivity index (χ2n) is 13.5. The topological polar surface area (TPSA) is 27.7 Å². The molecule has 1 spiro atoms. The van der Waals surface area contributed by atoms with Gasteiger partial charge >= 0.3 is 0 Å². The lowest BCUT2D eigenvalue weighted by atomic mass is 9.77. The first-order valence-corrected chi connectivity index (χ1v) is 18.0. The summed E-state index contributed by atoms with van der Waals surface area (Å²) in [6.45, 7) is 10.3. The van der Waals surface area contributed by atoms with Crippen LogP contribution in [0.25, 0.3) is 22.3 Å². The lowest BCUT2D eigenvalue weighted by molar-refractivity contribution is 0.156. The van der Waals surface area contributed by atoms with Crippen molar-refractivity contribution in [1.29, 1.82) is 0 Å². The molecule has 0 amide bonds. The summed E-state index contributed by atoms with van der Waals surface area (Å²) >= 11 is 0. The maximum Gasteiger partial charge on any atom is 0.186 e. The van der Waals surface area contributed by atoms with Crippen molar-refractivity contribution in [3.63, 3.8) is 0 Å². The van der Waals surface area contributed by atoms with E-state index in [4.69, 9.17) is 14.2 Å². The molecule has 3 nitrogen and oxygen atoms in total. The van der Waals surface area contributed by atoms with E-state index in [0.29, 0.717) is 0 Å². The van der Waals surface area contributed by atoms with Gasteiger partial charge in [-0.25, -0.2) is 0 Å². The van der Waals surface area contributed by atoms with E-state index < -0.39 is 5.60 Å². The van der Waals surface area contributed by atoms with Crippen LogP contribution in [0.4, 0.5) is 0 Å². The largest absolute Gasteiger partial charge is 0.494 e. The number of fused-ring (bicyclic) bond motifs is 9. The van der Waals surface area contributed by atoms with Gasteiger partial charge in [-0.1, -0.05) is 126 Å². The minimum absolute atomic E-state index is 0.746. The van der Waals surface area contributed by atoms with Crippen molar-refractivity contribution in [2.45, 2.75) is 110 Å². The Morgan fingerprint density at radius 2 is 0.978 bits per heavy atom. The van der Waals surface area contributed by atoms with Crippen LogP contribution in [-0.4, -0.2) is 13.2 Å². The zero-order chi connectivity index (χ0) is 31.9. The van der Waals surface area contributed by atoms with E-state index in [0.717, 1.165) is 48.9 Å². The van der Waals surface area contributed by atoms with Gasteiger partial charge in [0.1, 0.15) is 17.2 Å². The summed E-state index contributed by atoms with van der Waals surface area (Å²) in [4.78, 5) is 0. The summed E-state index contributed by atoms with van der Waals surface area (Å²) in [6, 6.07) is 26.6. The van der Waals surface area contributed by atoms with Gasteiger partial charge in [-0.3, -0.25) is 0 Å². The van der Waals surface area contributed by atoms with Crippen LogP contribution >= 0.6 is 0 Å². The van der Waals surface area contributed by atoms with Crippen molar-refractivity contribution < 1.29 is 14.2 Å². The first kappa shape index (κ1) is 32.2. The van der Waals surface area contributed by atoms with Gasteiger partial charge in [-0.2, -0.15) is 0 Å². The molecule has 1 aliphatic heterocycles. The minimum atomic E-state index is -0.748. The highest BCUT2D eigenvalue weighted by Gasteiger charge is 2.51. The molecule has 0 atom stereocenters. The molecular weight excluding hydrogens is 564 g/mol. The zero-order valence-electron chi connectivity index (χ0n) is 28.6. The van der Waals surface area contributed by atoms with Gasteiger partial charge in [0.15, 0.2) is 5.60 Å². The Morgan fingerprint density at radius 3 is 1.54 bits per heavy atom. The van der Waals surface area contributed by atoms with Crippen LogP contribution in [0.2, 0.25) is 0 Å². The molecular formula is C43H52O3. The molecule has 1 heterocycles. The van der Waals surface area contributed by atoms with Crippen molar-refractivity contribution in [2.75, 3.05) is 13.2 Å². The summed E-state index contributed by atoms with van der Waals surface area (Å²) in [5, 5.41) is 0. The molecule has 242 valence electrons. The third-order valence-electron chi connectivity index (χ3n) is 9.81. The average molecular weight is 617 g/mol. The number of hydrogen-bond acceptors (Lipinski definition) is 3. The second kappa shape index (κ2) is 14.8. The fourth-order valence-electron chi connectivity index (χ4n) is 7.32. The first-order chi connectivity index (χ1) is 22.5. The molecule has 4 aromatic carbocycles. The number of aryl methyl sites for hydroxylation is 2. The van der Waals surface area contributed by atoms with Crippen LogP contribution in [0.1, 0.15) is 119 Å². The van der Waals surface area contributed by atoms with Crippen LogP contribution in [0.3, 0.4) is 0 Å². The van der Waals surface area contributed by atoms with Crippen molar-refractivity contribution in [3.05, 3.63) is 101 Å². The molecule has 0 unspecified atom stereocenters. The second-order valence-corrected chi connectivity index (χ2v) is 13.5. The maximum atomic E-state index is 7.28. The third-order valence-corrected chi connectivity index (χ3v) is 9.81. The maximum absolute atomic E-state index is 7.28. The Labute approximate surface area is 277 Å². The molecule has 0 aromatic heterocycles. The summed E-state index contributed by atoms with van der Waals surface area (Å²) in [7, 11) is 0. The first-order valence-electron chi connectivity index (χ1n) is 18.0. The van der Waals surface area contributed by atoms with Crippen molar-refractivity contribution >= 4 is 0 Å². The SMILES string of the molecule is CCCCCCCCOc1ccc2c(c1)-c1cc(OCCCCCCCC)ccc1C21Oc2cc(C)ccc2-c2ccc(C)cc21. The Kier molecular flexibility index (Phi) is 10.4. The Morgan fingerprint density at radius 1 is 0.478 bits per heavy atom. The summed E-state index contributed by atoms with van der Waals surface area (Å²) in [6.07, 6.45) is 15.0. The fraction of sp³-hybridized carbons (Fsp3) is 0.442. The van der Waals surface area contributed by atoms with Gasteiger partial charge in [0.25, 0.3) is 0 Å². The fourth-order valence-corrected chi connectivity index (χ4v) is 7.32. The van der Waals surface area contributed by atoms with Gasteiger partial charge in [-0.05, 0) is 79.3 Å². The summed E-state index contributed by atoms with van der Waals surface area (Å²) < 4.78 is 20.0. The van der Waals surface area contributed by atoms with E-state index in [1.54, 1.807) is 0 Å². The number of hydrogen-bond donors (Lipinski definition) is 0. The summed E-state index contributed by atoms with van der Waals surface area (Å²) in [5.74, 6) is 2.78. The predicted octanol–water partition coefficient (Wildman–Crippen LogP) is 12.1. The number of ether oxygens (including phenoxy) is 3. The molecule has 1 aliphatic carbocycles. The van der Waals surface area contributed by atoms with E-state index in [-0.39, 0.29) is 0 Å². The molecule has 0 fully saturated rings. The van der Waals surface area contributed by atoms with Crippen molar-refractivity contribution in [1.82, 2.24) is 0 Å². The van der Waals surface area contributed by atoms with Gasteiger partial charge in [0.05, 0.1) is 13.2 Å². The lowest BCUT2D eigenvalue weighted by Crippen LogP contribution is -2.37. The van der Waals surface area contributed by atoms with Crippen LogP contribution in [-0.2, 0) is 5.60 Å². The van der Waals surface area contributed by atoms with Gasteiger partial charge in [0.2, 0.25) is 0 Å². The van der Waals surface area contributed by atoms with Gasteiger partial charge in [-0.15, -0.1) is 0 Å². The molecule has 46 heavy (non-hydrogen) atoms. The Balaban J connectivity index is 1.35. The van der Waals surface area contributed by atoms with Gasteiger partial charge < -0.3 is 14.2 Å². The lowest BCUT2D eigenvalue weighted by Gasteiger charge is -2.39. The zero-order valence-corrected chi connectivity index (χ0v) is 28.6. The quantitative estimate of drug-likeness (QED) is 0.117. The van der Waals surface area contributed by atoms with E-state index in [2.05, 4.69) is 100 Å². The van der Waals surface area contributed by atoms with Crippen molar-refractivity contribution in [2.24, 2.45) is 0 Å². The number of unbranched alkanes of at least 4 members (excludes halogenated alkanes) is 10. The Bertz CT molecular complexity index is 1570. The molecule has 0 N–H and O–H groups in total. The highest BCUT2D eigenvalue weighted by Crippen LogP contribution is 2.59. The van der Waals surface area contributed by atoms with E-state index in [1.807, 2.05) is 0 Å². The predicted molar refractivity (Wildman–Crippen MR) is 191 cm³/mol. The third kappa shape index (κ3) is 6.57. The Hall–Kier alpha value is -3.72. The van der Waals surface area contributed by atoms with E-state index in [1.165, 1.54) is 109 Å². The number of rotatable bonds is 16. The smallest absolute Gasteiger partial charge is 0.186 e. The highest BCUT2D eigenvalue weighted by molar-refractivity contribution is 5.89. The number of benzene rings is 4. The van der Waals surface area contributed by atoms with Gasteiger partial charge in [0, 0.05) is 22.3 Å². The monoisotopic (exact) mass is 616 g/mol. The highest BCUT2D eigenvalue weighted by atomic mass is 16.5. The van der Waals surface area contributed by atoms with Crippen LogP contribution < -0.4 is 14.2 Å². The molecule has 3 heteroatoms. The molecule has 2 aliphatic rings. The molecule has 4 aromatic rings. The van der Waals surface area contributed by atoms with E-state index >= 15 is 0 Å². The minimum Gasteiger partial charge on any atom is -0.494 e. The molecule has 0 saturated heterocycles. The normalized spacial score (nSPS) is 13.5. The molecule has 0 saturated carbocycles.